The Morgan fingerprint density at radius 1 is 1.00 bits per heavy atom. The maximum Gasteiger partial charge on any atom is 0.254 e. The molecule has 10 heteroatoms. The van der Waals surface area contributed by atoms with Crippen LogP contribution in [0.25, 0.3) is 0 Å². The number of carbonyl (C=O) groups is 2. The van der Waals surface area contributed by atoms with E-state index in [-0.39, 0.29) is 55.5 Å². The predicted molar refractivity (Wildman–Crippen MR) is 115 cm³/mol. The zero-order chi connectivity index (χ0) is 23.5. The monoisotopic (exact) mass is 465 g/mol. The van der Waals surface area contributed by atoms with Gasteiger partial charge in [-0.3, -0.25) is 9.59 Å². The van der Waals surface area contributed by atoms with Gasteiger partial charge in [0.15, 0.2) is 0 Å². The van der Waals surface area contributed by atoms with Gasteiger partial charge in [-0.1, -0.05) is 17.7 Å². The molecule has 0 unspecified atom stereocenters. The lowest BCUT2D eigenvalue weighted by atomic mass is 10.2. The summed E-state index contributed by atoms with van der Waals surface area (Å²) in [4.78, 5) is 26.2. The minimum absolute atomic E-state index is 0.0155. The fraction of sp³-hybridized carbons (Fsp3) is 0.364. The molecule has 0 atom stereocenters. The van der Waals surface area contributed by atoms with Gasteiger partial charge in [-0.25, -0.2) is 17.2 Å². The summed E-state index contributed by atoms with van der Waals surface area (Å²) in [7, 11) is -3.65. The SMILES string of the molecule is Cc1ccc(S(=O)(=O)N2CCN(C(=O)CCNC(=O)c3ccc(F)cc3F)CC2)c(C)c1. The highest BCUT2D eigenvalue weighted by Crippen LogP contribution is 2.22. The number of nitrogens with zero attached hydrogens (tertiary/aromatic N) is 2. The first-order valence-corrected chi connectivity index (χ1v) is 11.6. The lowest BCUT2D eigenvalue weighted by Crippen LogP contribution is -2.51. The number of carbonyl (C=O) groups excluding carboxylic acids is 2. The van der Waals surface area contributed by atoms with Crippen molar-refractivity contribution in [3.05, 3.63) is 64.7 Å². The van der Waals surface area contributed by atoms with Gasteiger partial charge in [-0.05, 0) is 37.6 Å². The second-order valence-corrected chi connectivity index (χ2v) is 9.59. The minimum atomic E-state index is -3.65. The van der Waals surface area contributed by atoms with Crippen LogP contribution in [0.5, 0.6) is 0 Å². The van der Waals surface area contributed by atoms with Crippen molar-refractivity contribution in [1.29, 1.82) is 0 Å². The van der Waals surface area contributed by atoms with Crippen molar-refractivity contribution >= 4 is 21.8 Å². The number of hydrogen-bond acceptors (Lipinski definition) is 4. The van der Waals surface area contributed by atoms with Crippen LogP contribution in [0.1, 0.15) is 27.9 Å². The van der Waals surface area contributed by atoms with Gasteiger partial charge in [-0.2, -0.15) is 4.31 Å². The maximum atomic E-state index is 13.6. The molecule has 0 aliphatic carbocycles. The molecule has 2 aromatic rings. The van der Waals surface area contributed by atoms with Crippen LogP contribution in [0.2, 0.25) is 0 Å². The van der Waals surface area contributed by atoms with Crippen LogP contribution >= 0.6 is 0 Å². The Labute approximate surface area is 186 Å². The molecule has 1 heterocycles. The van der Waals surface area contributed by atoms with E-state index in [4.69, 9.17) is 0 Å². The second-order valence-electron chi connectivity index (χ2n) is 7.68. The van der Waals surface area contributed by atoms with Crippen molar-refractivity contribution in [2.75, 3.05) is 32.7 Å². The summed E-state index contributed by atoms with van der Waals surface area (Å²) in [6, 6.07) is 7.81. The number of hydrogen-bond donors (Lipinski definition) is 1. The van der Waals surface area contributed by atoms with Crippen molar-refractivity contribution in [2.24, 2.45) is 0 Å². The van der Waals surface area contributed by atoms with Crippen molar-refractivity contribution in [2.45, 2.75) is 25.2 Å². The lowest BCUT2D eigenvalue weighted by molar-refractivity contribution is -0.132. The largest absolute Gasteiger partial charge is 0.351 e. The Hall–Kier alpha value is -2.85. The molecule has 0 radical (unpaired) electrons. The molecule has 1 N–H and O–H groups in total. The molecule has 172 valence electrons. The van der Waals surface area contributed by atoms with Gasteiger partial charge in [0, 0.05) is 45.2 Å². The van der Waals surface area contributed by atoms with E-state index in [2.05, 4.69) is 5.32 Å². The highest BCUT2D eigenvalue weighted by Gasteiger charge is 2.30. The van der Waals surface area contributed by atoms with E-state index >= 15 is 0 Å². The molecule has 3 rings (SSSR count). The smallest absolute Gasteiger partial charge is 0.254 e. The molecular weight excluding hydrogens is 440 g/mol. The topological polar surface area (TPSA) is 86.8 Å². The summed E-state index contributed by atoms with van der Waals surface area (Å²) in [5.74, 6) is -2.74. The highest BCUT2D eigenvalue weighted by molar-refractivity contribution is 7.89. The number of aryl methyl sites for hydroxylation is 2. The zero-order valence-electron chi connectivity index (χ0n) is 17.9. The molecule has 0 spiro atoms. The van der Waals surface area contributed by atoms with Gasteiger partial charge in [0.25, 0.3) is 5.91 Å². The van der Waals surface area contributed by atoms with E-state index in [1.165, 1.54) is 4.31 Å². The fourth-order valence-corrected chi connectivity index (χ4v) is 5.24. The molecule has 32 heavy (non-hydrogen) atoms. The van der Waals surface area contributed by atoms with Crippen LogP contribution < -0.4 is 5.32 Å². The third kappa shape index (κ3) is 5.31. The van der Waals surface area contributed by atoms with Gasteiger partial charge in [0.05, 0.1) is 10.5 Å². The molecule has 1 saturated heterocycles. The standard InChI is InChI=1S/C22H25F2N3O4S/c1-15-3-6-20(16(2)13-15)32(30,31)27-11-9-26(10-12-27)21(28)7-8-25-22(29)18-5-4-17(23)14-19(18)24/h3-6,13-14H,7-12H2,1-2H3,(H,25,29). The van der Waals surface area contributed by atoms with E-state index in [0.717, 1.165) is 17.7 Å². The summed E-state index contributed by atoms with van der Waals surface area (Å²) < 4.78 is 53.9. The molecule has 1 aliphatic heterocycles. The lowest BCUT2D eigenvalue weighted by Gasteiger charge is -2.34. The first-order valence-electron chi connectivity index (χ1n) is 10.2. The average Bonchev–Trinajstić information content (AvgIpc) is 2.73. The number of halogens is 2. The molecule has 0 aromatic heterocycles. The minimum Gasteiger partial charge on any atom is -0.351 e. The van der Waals surface area contributed by atoms with Crippen LogP contribution in [0.3, 0.4) is 0 Å². The van der Waals surface area contributed by atoms with Crippen molar-refractivity contribution < 1.29 is 26.8 Å². The van der Waals surface area contributed by atoms with E-state index in [1.54, 1.807) is 24.0 Å². The molecule has 7 nitrogen and oxygen atoms in total. The van der Waals surface area contributed by atoms with Gasteiger partial charge >= 0.3 is 0 Å². The summed E-state index contributed by atoms with van der Waals surface area (Å²) in [5, 5.41) is 2.44. The first-order chi connectivity index (χ1) is 15.1. The normalized spacial score (nSPS) is 14.9. The number of nitrogens with one attached hydrogen (secondary N) is 1. The third-order valence-electron chi connectivity index (χ3n) is 5.34. The van der Waals surface area contributed by atoms with Crippen molar-refractivity contribution in [3.63, 3.8) is 0 Å². The summed E-state index contributed by atoms with van der Waals surface area (Å²) in [6.07, 6.45) is -0.0155. The van der Waals surface area contributed by atoms with Gasteiger partial charge in [0.1, 0.15) is 11.6 Å². The Kier molecular flexibility index (Phi) is 7.25. The van der Waals surface area contributed by atoms with Crippen LogP contribution in [0, 0.1) is 25.5 Å². The number of amides is 2. The molecular formula is C22H25F2N3O4S. The maximum absolute atomic E-state index is 13.6. The molecule has 2 aromatic carbocycles. The molecule has 0 saturated carbocycles. The van der Waals surface area contributed by atoms with Gasteiger partial charge in [0.2, 0.25) is 15.9 Å². The molecule has 1 fully saturated rings. The van der Waals surface area contributed by atoms with Gasteiger partial charge in [-0.15, -0.1) is 0 Å². The fourth-order valence-electron chi connectivity index (χ4n) is 3.62. The Morgan fingerprint density at radius 2 is 1.69 bits per heavy atom. The molecule has 1 aliphatic rings. The zero-order valence-corrected chi connectivity index (χ0v) is 18.7. The molecule has 2 amide bonds. The number of piperazine rings is 1. The van der Waals surface area contributed by atoms with Crippen LogP contribution in [0.15, 0.2) is 41.3 Å². The number of benzene rings is 2. The average molecular weight is 466 g/mol. The Morgan fingerprint density at radius 3 is 2.31 bits per heavy atom. The number of sulfonamides is 1. The third-order valence-corrected chi connectivity index (χ3v) is 7.40. The van der Waals surface area contributed by atoms with Crippen molar-refractivity contribution in [3.8, 4) is 0 Å². The van der Waals surface area contributed by atoms with Gasteiger partial charge < -0.3 is 10.2 Å². The van der Waals surface area contributed by atoms with E-state index in [9.17, 15) is 26.8 Å². The Bertz CT molecular complexity index is 1130. The van der Waals surface area contributed by atoms with Crippen LogP contribution in [-0.2, 0) is 14.8 Å². The summed E-state index contributed by atoms with van der Waals surface area (Å²) >= 11 is 0. The first kappa shape index (κ1) is 23.8. The van der Waals surface area contributed by atoms with E-state index in [0.29, 0.717) is 11.6 Å². The van der Waals surface area contributed by atoms with E-state index < -0.39 is 27.6 Å². The van der Waals surface area contributed by atoms with Crippen LogP contribution in [-0.4, -0.2) is 62.2 Å². The predicted octanol–water partition coefficient (Wildman–Crippen LogP) is 2.23. The second kappa shape index (κ2) is 9.74. The van der Waals surface area contributed by atoms with Crippen LogP contribution in [0.4, 0.5) is 8.78 Å². The molecule has 0 bridgehead atoms. The number of rotatable bonds is 6. The van der Waals surface area contributed by atoms with Crippen molar-refractivity contribution in [1.82, 2.24) is 14.5 Å². The quantitative estimate of drug-likeness (QED) is 0.709. The van der Waals surface area contributed by atoms with E-state index in [1.807, 2.05) is 13.0 Å². The summed E-state index contributed by atoms with van der Waals surface area (Å²) in [5.41, 5.74) is 1.35. The highest BCUT2D eigenvalue weighted by atomic mass is 32.2. The summed E-state index contributed by atoms with van der Waals surface area (Å²) in [6.45, 7) is 4.46. The Balaban J connectivity index is 1.50.